The molecular weight excluding hydrogens is 202 g/mol. The van der Waals surface area contributed by atoms with Gasteiger partial charge < -0.3 is 10.3 Å². The number of nitrogens with zero attached hydrogens (tertiary/aromatic N) is 3. The van der Waals surface area contributed by atoms with E-state index in [0.29, 0.717) is 6.04 Å². The largest absolute Gasteiger partial charge is 0.341 e. The van der Waals surface area contributed by atoms with E-state index in [9.17, 15) is 0 Å². The van der Waals surface area contributed by atoms with Crippen LogP contribution in [0.3, 0.4) is 0 Å². The summed E-state index contributed by atoms with van der Waals surface area (Å²) in [5, 5.41) is 7.58. The Morgan fingerprint density at radius 3 is 3.06 bits per heavy atom. The van der Waals surface area contributed by atoms with Crippen LogP contribution >= 0.6 is 0 Å². The van der Waals surface area contributed by atoms with Crippen molar-refractivity contribution in [1.29, 1.82) is 0 Å². The fourth-order valence-electron chi connectivity index (χ4n) is 2.14. The quantitative estimate of drug-likeness (QED) is 0.795. The van der Waals surface area contributed by atoms with Gasteiger partial charge in [-0.15, -0.1) is 0 Å². The number of rotatable bonds is 2. The van der Waals surface area contributed by atoms with E-state index in [0.717, 1.165) is 23.6 Å². The minimum Gasteiger partial charge on any atom is -0.341 e. The average Bonchev–Trinajstić information content (AvgIpc) is 2.97. The minimum atomic E-state index is 0.394. The fourth-order valence-corrected chi connectivity index (χ4v) is 2.14. The fraction of sp³-hybridized carbons (Fsp3) is 0.455. The molecule has 1 aliphatic heterocycles. The Labute approximate surface area is 93.9 Å². The van der Waals surface area contributed by atoms with E-state index in [-0.39, 0.29) is 0 Å². The van der Waals surface area contributed by atoms with Gasteiger partial charge in [0.15, 0.2) is 0 Å². The predicted molar refractivity (Wildman–Crippen MR) is 60.8 cm³/mol. The lowest BCUT2D eigenvalue weighted by Crippen LogP contribution is -2.14. The smallest absolute Gasteiger partial charge is 0.123 e. The first kappa shape index (κ1) is 9.59. The molecule has 84 valence electrons. The van der Waals surface area contributed by atoms with Gasteiger partial charge in [-0.2, -0.15) is 5.10 Å². The second-order valence-corrected chi connectivity index (χ2v) is 4.23. The summed E-state index contributed by atoms with van der Waals surface area (Å²) in [6, 6.07) is 0.394. The molecule has 5 nitrogen and oxygen atoms in total. The molecule has 1 fully saturated rings. The summed E-state index contributed by atoms with van der Waals surface area (Å²) in [5.74, 6) is 1.04. The Morgan fingerprint density at radius 1 is 1.44 bits per heavy atom. The zero-order chi connectivity index (χ0) is 11.0. The van der Waals surface area contributed by atoms with Crippen LogP contribution in [-0.4, -0.2) is 26.3 Å². The molecule has 0 radical (unpaired) electrons. The predicted octanol–water partition coefficient (Wildman–Crippen LogP) is 1.23. The minimum absolute atomic E-state index is 0.394. The maximum absolute atomic E-state index is 4.43. The highest BCUT2D eigenvalue weighted by Gasteiger charge is 2.19. The number of H-pyrrole nitrogens is 1. The van der Waals surface area contributed by atoms with E-state index >= 15 is 0 Å². The van der Waals surface area contributed by atoms with Gasteiger partial charge in [0.25, 0.3) is 0 Å². The summed E-state index contributed by atoms with van der Waals surface area (Å²) in [7, 11) is 1.92. The Morgan fingerprint density at radius 2 is 2.38 bits per heavy atom. The van der Waals surface area contributed by atoms with Gasteiger partial charge >= 0.3 is 0 Å². The SMILES string of the molecule is Cn1cc(-c2cnc(C3CCCN3)[nH]2)cn1. The Kier molecular flexibility index (Phi) is 2.25. The number of nitrogens with one attached hydrogen (secondary N) is 2. The second-order valence-electron chi connectivity index (χ2n) is 4.23. The van der Waals surface area contributed by atoms with Crippen LogP contribution in [0, 0.1) is 0 Å². The third-order valence-corrected chi connectivity index (χ3v) is 3.00. The van der Waals surface area contributed by atoms with E-state index in [1.54, 1.807) is 4.68 Å². The Balaban J connectivity index is 1.87. The van der Waals surface area contributed by atoms with Gasteiger partial charge in [0, 0.05) is 18.8 Å². The zero-order valence-electron chi connectivity index (χ0n) is 9.27. The molecule has 5 heteroatoms. The van der Waals surface area contributed by atoms with Crippen molar-refractivity contribution in [2.45, 2.75) is 18.9 Å². The summed E-state index contributed by atoms with van der Waals surface area (Å²) in [4.78, 5) is 7.79. The molecule has 0 bridgehead atoms. The number of imidazole rings is 1. The van der Waals surface area contributed by atoms with Crippen molar-refractivity contribution < 1.29 is 0 Å². The van der Waals surface area contributed by atoms with Gasteiger partial charge in [-0.05, 0) is 19.4 Å². The topological polar surface area (TPSA) is 58.5 Å². The molecular formula is C11H15N5. The molecule has 3 rings (SSSR count). The van der Waals surface area contributed by atoms with Crippen molar-refractivity contribution >= 4 is 0 Å². The Hall–Kier alpha value is -1.62. The van der Waals surface area contributed by atoms with Crippen molar-refractivity contribution in [2.75, 3.05) is 6.54 Å². The molecule has 0 amide bonds. The maximum atomic E-state index is 4.43. The summed E-state index contributed by atoms with van der Waals surface area (Å²) < 4.78 is 1.80. The second kappa shape index (κ2) is 3.75. The van der Waals surface area contributed by atoms with Crippen LogP contribution in [0.15, 0.2) is 18.6 Å². The molecule has 1 unspecified atom stereocenters. The summed E-state index contributed by atoms with van der Waals surface area (Å²) in [6.45, 7) is 1.09. The molecule has 0 saturated carbocycles. The third kappa shape index (κ3) is 1.63. The lowest BCUT2D eigenvalue weighted by molar-refractivity contribution is 0.613. The van der Waals surface area contributed by atoms with Crippen LogP contribution in [0.4, 0.5) is 0 Å². The van der Waals surface area contributed by atoms with E-state index in [2.05, 4.69) is 20.4 Å². The first-order valence-electron chi connectivity index (χ1n) is 5.60. The molecule has 3 heterocycles. The number of hydrogen-bond donors (Lipinski definition) is 2. The number of hydrogen-bond acceptors (Lipinski definition) is 3. The monoisotopic (exact) mass is 217 g/mol. The van der Waals surface area contributed by atoms with Crippen molar-refractivity contribution in [3.63, 3.8) is 0 Å². The molecule has 1 atom stereocenters. The normalized spacial score (nSPS) is 20.4. The highest BCUT2D eigenvalue weighted by atomic mass is 15.2. The van der Waals surface area contributed by atoms with E-state index < -0.39 is 0 Å². The molecule has 0 aliphatic carbocycles. The summed E-state index contributed by atoms with van der Waals surface area (Å²) >= 11 is 0. The van der Waals surface area contributed by atoms with Crippen LogP contribution in [0.1, 0.15) is 24.7 Å². The molecule has 1 saturated heterocycles. The van der Waals surface area contributed by atoms with E-state index in [1.807, 2.05) is 25.6 Å². The van der Waals surface area contributed by atoms with Gasteiger partial charge in [0.2, 0.25) is 0 Å². The Bertz CT molecular complexity index is 478. The first-order valence-corrected chi connectivity index (χ1v) is 5.60. The van der Waals surface area contributed by atoms with Crippen LogP contribution in [0.5, 0.6) is 0 Å². The molecule has 16 heavy (non-hydrogen) atoms. The van der Waals surface area contributed by atoms with Crippen molar-refractivity contribution in [2.24, 2.45) is 7.05 Å². The zero-order valence-corrected chi connectivity index (χ0v) is 9.27. The van der Waals surface area contributed by atoms with Crippen molar-refractivity contribution in [3.05, 3.63) is 24.4 Å². The summed E-state index contributed by atoms with van der Waals surface area (Å²) in [6.07, 6.45) is 8.11. The van der Waals surface area contributed by atoms with Gasteiger partial charge in [-0.3, -0.25) is 4.68 Å². The lowest BCUT2D eigenvalue weighted by atomic mass is 10.2. The van der Waals surface area contributed by atoms with E-state index in [1.165, 1.54) is 12.8 Å². The van der Waals surface area contributed by atoms with Crippen LogP contribution < -0.4 is 5.32 Å². The average molecular weight is 217 g/mol. The third-order valence-electron chi connectivity index (χ3n) is 3.00. The van der Waals surface area contributed by atoms with Gasteiger partial charge in [-0.25, -0.2) is 4.98 Å². The van der Waals surface area contributed by atoms with Gasteiger partial charge in [-0.1, -0.05) is 0 Å². The molecule has 1 aliphatic rings. The van der Waals surface area contributed by atoms with Crippen molar-refractivity contribution in [1.82, 2.24) is 25.1 Å². The highest BCUT2D eigenvalue weighted by Crippen LogP contribution is 2.23. The first-order chi connectivity index (χ1) is 7.83. The number of aromatic amines is 1. The van der Waals surface area contributed by atoms with Gasteiger partial charge in [0.05, 0.1) is 24.1 Å². The van der Waals surface area contributed by atoms with Crippen LogP contribution in [0.25, 0.3) is 11.3 Å². The number of aryl methyl sites for hydroxylation is 1. The molecule has 2 aromatic heterocycles. The van der Waals surface area contributed by atoms with Crippen molar-refractivity contribution in [3.8, 4) is 11.3 Å². The lowest BCUT2D eigenvalue weighted by Gasteiger charge is -2.04. The maximum Gasteiger partial charge on any atom is 0.123 e. The van der Waals surface area contributed by atoms with Crippen LogP contribution in [-0.2, 0) is 7.05 Å². The molecule has 2 N–H and O–H groups in total. The molecule has 0 aromatic carbocycles. The standard InChI is InChI=1S/C11H15N5/c1-16-7-8(5-14-16)10-6-13-11(15-10)9-3-2-4-12-9/h5-7,9,12H,2-4H2,1H3,(H,13,15). The summed E-state index contributed by atoms with van der Waals surface area (Å²) in [5.41, 5.74) is 2.12. The molecule has 2 aromatic rings. The molecule has 0 spiro atoms. The number of aromatic nitrogens is 4. The van der Waals surface area contributed by atoms with Crippen LogP contribution in [0.2, 0.25) is 0 Å². The highest BCUT2D eigenvalue weighted by molar-refractivity contribution is 5.56. The van der Waals surface area contributed by atoms with E-state index in [4.69, 9.17) is 0 Å². The van der Waals surface area contributed by atoms with Gasteiger partial charge in [0.1, 0.15) is 5.82 Å².